The Bertz CT molecular complexity index is 225. The van der Waals surface area contributed by atoms with Gasteiger partial charge in [-0.25, -0.2) is 0 Å². The highest BCUT2D eigenvalue weighted by atomic mass is 79.9. The van der Waals surface area contributed by atoms with Crippen LogP contribution in [0, 0.1) is 0 Å². The molecule has 0 aromatic heterocycles. The number of carbonyl (C=O) groups is 2. The Hall–Kier alpha value is -0.580. The van der Waals surface area contributed by atoms with Crippen LogP contribution in [0.4, 0.5) is 0 Å². The smallest absolute Gasteiger partial charge is 0.320 e. The zero-order valence-corrected chi connectivity index (χ0v) is 11.0. The van der Waals surface area contributed by atoms with E-state index in [1.807, 2.05) is 0 Å². The second-order valence-electron chi connectivity index (χ2n) is 3.70. The molecule has 0 N–H and O–H groups in total. The van der Waals surface area contributed by atoms with Gasteiger partial charge < -0.3 is 9.47 Å². The predicted molar refractivity (Wildman–Crippen MR) is 59.8 cm³/mol. The predicted octanol–water partition coefficient (Wildman–Crippen LogP) is 2.04. The molecule has 0 aliphatic carbocycles. The number of halogens is 1. The van der Waals surface area contributed by atoms with Crippen molar-refractivity contribution in [3.63, 3.8) is 0 Å². The minimum Gasteiger partial charge on any atom is -0.463 e. The fourth-order valence-corrected chi connectivity index (χ4v) is 1.22. The van der Waals surface area contributed by atoms with Crippen molar-refractivity contribution >= 4 is 27.9 Å². The summed E-state index contributed by atoms with van der Waals surface area (Å²) in [4.78, 5) is 21.9. The van der Waals surface area contributed by atoms with Gasteiger partial charge in [0.2, 0.25) is 0 Å². The van der Waals surface area contributed by atoms with E-state index in [-0.39, 0.29) is 18.6 Å². The SMILES string of the molecule is CC(C)OC(=O)C[C@H](Br)C(=O)OC(C)C. The van der Waals surface area contributed by atoms with Crippen LogP contribution in [0.3, 0.4) is 0 Å². The van der Waals surface area contributed by atoms with E-state index in [1.165, 1.54) is 0 Å². The van der Waals surface area contributed by atoms with Gasteiger partial charge >= 0.3 is 11.9 Å². The molecule has 0 aromatic rings. The fraction of sp³-hybridized carbons (Fsp3) is 0.800. The first-order chi connectivity index (χ1) is 6.82. The van der Waals surface area contributed by atoms with E-state index < -0.39 is 16.8 Å². The van der Waals surface area contributed by atoms with Crippen LogP contribution in [-0.2, 0) is 19.1 Å². The van der Waals surface area contributed by atoms with Gasteiger partial charge in [0.25, 0.3) is 0 Å². The minimum atomic E-state index is -0.633. The number of esters is 2. The van der Waals surface area contributed by atoms with Gasteiger partial charge in [-0.2, -0.15) is 0 Å². The van der Waals surface area contributed by atoms with Gasteiger partial charge in [-0.1, -0.05) is 15.9 Å². The van der Waals surface area contributed by atoms with Gasteiger partial charge in [-0.3, -0.25) is 9.59 Å². The summed E-state index contributed by atoms with van der Waals surface area (Å²) >= 11 is 3.09. The average molecular weight is 281 g/mol. The first-order valence-electron chi connectivity index (χ1n) is 4.87. The lowest BCUT2D eigenvalue weighted by atomic mass is 10.3. The minimum absolute atomic E-state index is 0.0102. The lowest BCUT2D eigenvalue weighted by Crippen LogP contribution is -2.25. The van der Waals surface area contributed by atoms with Crippen LogP contribution >= 0.6 is 15.9 Å². The number of hydrogen-bond acceptors (Lipinski definition) is 4. The van der Waals surface area contributed by atoms with Gasteiger partial charge in [0.05, 0.1) is 18.6 Å². The lowest BCUT2D eigenvalue weighted by molar-refractivity contribution is -0.153. The van der Waals surface area contributed by atoms with Gasteiger partial charge in [0.15, 0.2) is 0 Å². The Kier molecular flexibility index (Phi) is 6.56. The van der Waals surface area contributed by atoms with E-state index in [2.05, 4.69) is 15.9 Å². The molecule has 0 rings (SSSR count). The molecular weight excluding hydrogens is 264 g/mol. The Balaban J connectivity index is 3.96. The molecule has 0 unspecified atom stereocenters. The van der Waals surface area contributed by atoms with Crippen molar-refractivity contribution < 1.29 is 19.1 Å². The quantitative estimate of drug-likeness (QED) is 0.571. The van der Waals surface area contributed by atoms with E-state index in [1.54, 1.807) is 27.7 Å². The van der Waals surface area contributed by atoms with Crippen LogP contribution in [-0.4, -0.2) is 29.0 Å². The molecule has 0 aliphatic heterocycles. The van der Waals surface area contributed by atoms with E-state index >= 15 is 0 Å². The molecule has 4 nitrogen and oxygen atoms in total. The topological polar surface area (TPSA) is 52.6 Å². The molecule has 88 valence electrons. The van der Waals surface area contributed by atoms with Crippen molar-refractivity contribution in [2.75, 3.05) is 0 Å². The van der Waals surface area contributed by atoms with Crippen LogP contribution in [0.5, 0.6) is 0 Å². The third kappa shape index (κ3) is 7.36. The number of carbonyl (C=O) groups excluding carboxylic acids is 2. The lowest BCUT2D eigenvalue weighted by Gasteiger charge is -2.13. The molecule has 0 radical (unpaired) electrons. The van der Waals surface area contributed by atoms with Gasteiger partial charge in [0.1, 0.15) is 4.83 Å². The zero-order valence-electron chi connectivity index (χ0n) is 9.45. The van der Waals surface area contributed by atoms with Crippen molar-refractivity contribution in [1.82, 2.24) is 0 Å². The van der Waals surface area contributed by atoms with E-state index in [0.29, 0.717) is 0 Å². The maximum absolute atomic E-state index is 11.3. The molecule has 1 atom stereocenters. The number of hydrogen-bond donors (Lipinski definition) is 0. The summed E-state index contributed by atoms with van der Waals surface area (Å²) in [5.74, 6) is -0.849. The van der Waals surface area contributed by atoms with Gasteiger partial charge in [-0.15, -0.1) is 0 Å². The summed E-state index contributed by atoms with van der Waals surface area (Å²) < 4.78 is 9.82. The Morgan fingerprint density at radius 3 is 1.93 bits per heavy atom. The number of ether oxygens (including phenoxy) is 2. The molecule has 0 saturated carbocycles. The number of rotatable bonds is 5. The highest BCUT2D eigenvalue weighted by Gasteiger charge is 2.22. The van der Waals surface area contributed by atoms with E-state index in [0.717, 1.165) is 0 Å². The van der Waals surface area contributed by atoms with Crippen molar-refractivity contribution in [3.8, 4) is 0 Å². The molecule has 15 heavy (non-hydrogen) atoms. The van der Waals surface area contributed by atoms with Crippen molar-refractivity contribution in [3.05, 3.63) is 0 Å². The van der Waals surface area contributed by atoms with Crippen LogP contribution in [0.1, 0.15) is 34.1 Å². The number of alkyl halides is 1. The molecule has 0 bridgehead atoms. The third-order valence-corrected chi connectivity index (χ3v) is 2.02. The third-order valence-electron chi connectivity index (χ3n) is 1.32. The average Bonchev–Trinajstić information content (AvgIpc) is 2.00. The maximum Gasteiger partial charge on any atom is 0.320 e. The van der Waals surface area contributed by atoms with Crippen LogP contribution in [0.15, 0.2) is 0 Å². The van der Waals surface area contributed by atoms with E-state index in [9.17, 15) is 9.59 Å². The molecule has 0 saturated heterocycles. The fourth-order valence-electron chi connectivity index (χ4n) is 0.847. The highest BCUT2D eigenvalue weighted by molar-refractivity contribution is 9.10. The van der Waals surface area contributed by atoms with Gasteiger partial charge in [-0.05, 0) is 27.7 Å². The monoisotopic (exact) mass is 280 g/mol. The normalized spacial score (nSPS) is 12.7. The summed E-state index contributed by atoms with van der Waals surface area (Å²) in [6.45, 7) is 7.02. The summed E-state index contributed by atoms with van der Waals surface area (Å²) in [6, 6.07) is 0. The molecule has 0 aromatic carbocycles. The molecule has 0 amide bonds. The molecular formula is C10H17BrO4. The zero-order chi connectivity index (χ0) is 12.0. The van der Waals surface area contributed by atoms with Crippen molar-refractivity contribution in [2.45, 2.75) is 51.2 Å². The van der Waals surface area contributed by atoms with Crippen molar-refractivity contribution in [2.24, 2.45) is 0 Å². The van der Waals surface area contributed by atoms with Crippen LogP contribution in [0.25, 0.3) is 0 Å². The largest absolute Gasteiger partial charge is 0.463 e. The molecule has 5 heteroatoms. The Morgan fingerprint density at radius 2 is 1.53 bits per heavy atom. The second-order valence-corrected chi connectivity index (χ2v) is 4.80. The Labute approximate surface area is 98.4 Å². The Morgan fingerprint density at radius 1 is 1.07 bits per heavy atom. The van der Waals surface area contributed by atoms with Crippen LogP contribution in [0.2, 0.25) is 0 Å². The maximum atomic E-state index is 11.3. The summed E-state index contributed by atoms with van der Waals surface area (Å²) in [5, 5.41) is 0. The summed E-state index contributed by atoms with van der Waals surface area (Å²) in [6.07, 6.45) is -0.360. The van der Waals surface area contributed by atoms with Gasteiger partial charge in [0, 0.05) is 0 Å². The van der Waals surface area contributed by atoms with Crippen LogP contribution < -0.4 is 0 Å². The standard InChI is InChI=1S/C10H17BrO4/c1-6(2)14-9(12)5-8(11)10(13)15-7(3)4/h6-8H,5H2,1-4H3/t8-/m0/s1. The first kappa shape index (κ1) is 14.4. The molecule has 0 fully saturated rings. The summed E-state index contributed by atoms with van der Waals surface area (Å²) in [5.41, 5.74) is 0. The summed E-state index contributed by atoms with van der Waals surface area (Å²) in [7, 11) is 0. The first-order valence-corrected chi connectivity index (χ1v) is 5.78. The highest BCUT2D eigenvalue weighted by Crippen LogP contribution is 2.10. The van der Waals surface area contributed by atoms with Crippen molar-refractivity contribution in [1.29, 1.82) is 0 Å². The second kappa shape index (κ2) is 6.82. The molecule has 0 spiro atoms. The molecule has 0 heterocycles. The van der Waals surface area contributed by atoms with E-state index in [4.69, 9.17) is 9.47 Å². The molecule has 0 aliphatic rings.